The van der Waals surface area contributed by atoms with Crippen LogP contribution in [0.3, 0.4) is 0 Å². The average molecular weight is 389 g/mol. The number of aromatic nitrogens is 3. The molecule has 5 rings (SSSR count). The lowest BCUT2D eigenvalue weighted by Gasteiger charge is -2.16. The van der Waals surface area contributed by atoms with E-state index in [2.05, 4.69) is 25.4 Å². The molecule has 1 aliphatic rings. The number of anilines is 1. The molecule has 3 heterocycles. The molecular weight excluding hydrogens is 369 g/mol. The van der Waals surface area contributed by atoms with E-state index in [1.807, 2.05) is 36.5 Å². The maximum Gasteiger partial charge on any atom is 0.252 e. The summed E-state index contributed by atoms with van der Waals surface area (Å²) in [6.07, 6.45) is 2.70. The number of rotatable bonds is 4. The monoisotopic (exact) mass is 389 g/mol. The van der Waals surface area contributed by atoms with Gasteiger partial charge in [-0.1, -0.05) is 6.07 Å². The van der Waals surface area contributed by atoms with E-state index in [1.165, 1.54) is 12.1 Å². The van der Waals surface area contributed by atoms with Crippen LogP contribution in [0.15, 0.2) is 60.8 Å². The number of amides is 1. The molecule has 4 aromatic rings. The van der Waals surface area contributed by atoms with Crippen LogP contribution in [-0.4, -0.2) is 40.2 Å². The van der Waals surface area contributed by atoms with Gasteiger partial charge in [0.25, 0.3) is 5.91 Å². The van der Waals surface area contributed by atoms with E-state index >= 15 is 0 Å². The molecular formula is C22H20FN5O. The highest BCUT2D eigenvalue weighted by atomic mass is 19.1. The molecule has 6 nitrogen and oxygen atoms in total. The minimum atomic E-state index is -0.262. The number of hydrogen-bond donors (Lipinski definition) is 3. The van der Waals surface area contributed by atoms with Crippen molar-refractivity contribution in [3.63, 3.8) is 0 Å². The molecule has 1 aliphatic heterocycles. The Morgan fingerprint density at radius 2 is 2.03 bits per heavy atom. The van der Waals surface area contributed by atoms with Crippen molar-refractivity contribution in [1.29, 1.82) is 0 Å². The summed E-state index contributed by atoms with van der Waals surface area (Å²) in [5, 5.41) is 11.5. The first-order valence-electron chi connectivity index (χ1n) is 9.60. The van der Waals surface area contributed by atoms with Crippen LogP contribution >= 0.6 is 0 Å². The van der Waals surface area contributed by atoms with Crippen LogP contribution in [0.4, 0.5) is 10.2 Å². The van der Waals surface area contributed by atoms with Crippen LogP contribution in [0.2, 0.25) is 0 Å². The number of carbonyl (C=O) groups is 1. The Morgan fingerprint density at radius 3 is 2.90 bits per heavy atom. The standard InChI is InChI=1S/C22H20FN5O/c23-15-6-4-14(5-7-15)20-12-21(27-26-20)28-11-9-16(13-28)25-22(29)18-2-1-3-19-17(18)8-10-24-19/h1-8,10,12,16,24H,9,11,13H2,(H,25,29)(H,26,27)/t16-/m1/s1. The van der Waals surface area contributed by atoms with Crippen molar-refractivity contribution >= 4 is 22.6 Å². The summed E-state index contributed by atoms with van der Waals surface area (Å²) in [6.45, 7) is 1.51. The first-order valence-corrected chi connectivity index (χ1v) is 9.60. The quantitative estimate of drug-likeness (QED) is 0.498. The Labute approximate surface area is 166 Å². The number of hydrogen-bond acceptors (Lipinski definition) is 3. The number of fused-ring (bicyclic) bond motifs is 1. The second-order valence-corrected chi connectivity index (χ2v) is 7.30. The number of carbonyl (C=O) groups excluding carboxylic acids is 1. The zero-order chi connectivity index (χ0) is 19.8. The van der Waals surface area contributed by atoms with E-state index in [4.69, 9.17) is 0 Å². The minimum absolute atomic E-state index is 0.0580. The van der Waals surface area contributed by atoms with Crippen molar-refractivity contribution in [2.45, 2.75) is 12.5 Å². The molecule has 2 aromatic heterocycles. The van der Waals surface area contributed by atoms with Crippen molar-refractivity contribution < 1.29 is 9.18 Å². The number of nitrogens with one attached hydrogen (secondary N) is 3. The fourth-order valence-electron chi connectivity index (χ4n) is 3.88. The molecule has 0 spiro atoms. The molecule has 1 amide bonds. The van der Waals surface area contributed by atoms with Crippen LogP contribution in [0.5, 0.6) is 0 Å². The first kappa shape index (κ1) is 17.5. The fraction of sp³-hybridized carbons (Fsp3) is 0.182. The molecule has 0 unspecified atom stereocenters. The van der Waals surface area contributed by atoms with Crippen LogP contribution < -0.4 is 10.2 Å². The second kappa shape index (κ2) is 7.09. The molecule has 1 fully saturated rings. The van der Waals surface area contributed by atoms with E-state index in [9.17, 15) is 9.18 Å². The second-order valence-electron chi connectivity index (χ2n) is 7.30. The van der Waals surface area contributed by atoms with E-state index in [0.29, 0.717) is 12.1 Å². The third-order valence-electron chi connectivity index (χ3n) is 5.41. The molecule has 1 saturated heterocycles. The summed E-state index contributed by atoms with van der Waals surface area (Å²) in [6, 6.07) is 15.9. The highest BCUT2D eigenvalue weighted by Gasteiger charge is 2.26. The summed E-state index contributed by atoms with van der Waals surface area (Å²) in [5.74, 6) is 0.506. The molecule has 3 N–H and O–H groups in total. The highest BCUT2D eigenvalue weighted by molar-refractivity contribution is 6.06. The summed E-state index contributed by atoms with van der Waals surface area (Å²) < 4.78 is 13.1. The molecule has 0 saturated carbocycles. The first-order chi connectivity index (χ1) is 14.2. The lowest BCUT2D eigenvalue weighted by Crippen LogP contribution is -2.37. The summed E-state index contributed by atoms with van der Waals surface area (Å²) >= 11 is 0. The topological polar surface area (TPSA) is 76.8 Å². The number of halogens is 1. The number of H-pyrrole nitrogens is 2. The van der Waals surface area contributed by atoms with Gasteiger partial charge in [0.15, 0.2) is 5.82 Å². The Morgan fingerprint density at radius 1 is 1.17 bits per heavy atom. The number of benzene rings is 2. The van der Waals surface area contributed by atoms with Gasteiger partial charge >= 0.3 is 0 Å². The van der Waals surface area contributed by atoms with Crippen LogP contribution in [0.25, 0.3) is 22.2 Å². The van der Waals surface area contributed by atoms with Gasteiger partial charge in [-0.3, -0.25) is 9.89 Å². The van der Waals surface area contributed by atoms with Crippen LogP contribution in [-0.2, 0) is 0 Å². The molecule has 1 atom stereocenters. The molecule has 0 radical (unpaired) electrons. The van der Waals surface area contributed by atoms with E-state index in [-0.39, 0.29) is 17.8 Å². The fourth-order valence-corrected chi connectivity index (χ4v) is 3.88. The predicted octanol–water partition coefficient (Wildman–Crippen LogP) is 3.71. The molecule has 0 bridgehead atoms. The molecule has 146 valence electrons. The highest BCUT2D eigenvalue weighted by Crippen LogP contribution is 2.25. The number of nitrogens with zero attached hydrogens (tertiary/aromatic N) is 2. The smallest absolute Gasteiger partial charge is 0.252 e. The van der Waals surface area contributed by atoms with Crippen molar-refractivity contribution in [3.8, 4) is 11.3 Å². The van der Waals surface area contributed by atoms with Crippen molar-refractivity contribution in [2.24, 2.45) is 0 Å². The maximum atomic E-state index is 13.1. The van der Waals surface area contributed by atoms with Crippen LogP contribution in [0, 0.1) is 5.82 Å². The van der Waals surface area contributed by atoms with E-state index in [1.54, 1.807) is 12.1 Å². The Balaban J connectivity index is 1.26. The Kier molecular flexibility index (Phi) is 4.27. The Hall–Kier alpha value is -3.61. The van der Waals surface area contributed by atoms with Gasteiger partial charge in [0.2, 0.25) is 0 Å². The van der Waals surface area contributed by atoms with Gasteiger partial charge < -0.3 is 15.2 Å². The number of aromatic amines is 2. The zero-order valence-corrected chi connectivity index (χ0v) is 15.7. The van der Waals surface area contributed by atoms with Crippen molar-refractivity contribution in [1.82, 2.24) is 20.5 Å². The summed E-state index contributed by atoms with van der Waals surface area (Å²) in [5.41, 5.74) is 3.36. The van der Waals surface area contributed by atoms with Gasteiger partial charge in [0.05, 0.1) is 5.69 Å². The van der Waals surface area contributed by atoms with Crippen LogP contribution in [0.1, 0.15) is 16.8 Å². The summed E-state index contributed by atoms with van der Waals surface area (Å²) in [7, 11) is 0. The van der Waals surface area contributed by atoms with Gasteiger partial charge in [-0.05, 0) is 54.4 Å². The van der Waals surface area contributed by atoms with Crippen molar-refractivity contribution in [3.05, 3.63) is 72.2 Å². The zero-order valence-electron chi connectivity index (χ0n) is 15.7. The van der Waals surface area contributed by atoms with Gasteiger partial charge in [0, 0.05) is 47.9 Å². The summed E-state index contributed by atoms with van der Waals surface area (Å²) in [4.78, 5) is 18.1. The van der Waals surface area contributed by atoms with E-state index in [0.717, 1.165) is 40.9 Å². The largest absolute Gasteiger partial charge is 0.361 e. The normalized spacial score (nSPS) is 16.4. The lowest BCUT2D eigenvalue weighted by atomic mass is 10.1. The lowest BCUT2D eigenvalue weighted by molar-refractivity contribution is 0.0942. The maximum absolute atomic E-state index is 13.1. The van der Waals surface area contributed by atoms with Gasteiger partial charge in [-0.15, -0.1) is 0 Å². The third kappa shape index (κ3) is 3.35. The molecule has 2 aromatic carbocycles. The molecule has 7 heteroatoms. The molecule has 0 aliphatic carbocycles. The Bertz CT molecular complexity index is 1160. The van der Waals surface area contributed by atoms with Gasteiger partial charge in [-0.25, -0.2) is 4.39 Å². The predicted molar refractivity (Wildman–Crippen MR) is 110 cm³/mol. The van der Waals surface area contributed by atoms with Crippen molar-refractivity contribution in [2.75, 3.05) is 18.0 Å². The van der Waals surface area contributed by atoms with Gasteiger partial charge in [-0.2, -0.15) is 5.10 Å². The minimum Gasteiger partial charge on any atom is -0.361 e. The SMILES string of the molecule is O=C(N[C@@H]1CCN(c2cc(-c3ccc(F)cc3)[nH]n2)C1)c1cccc2[nH]ccc12. The van der Waals surface area contributed by atoms with Gasteiger partial charge in [0.1, 0.15) is 5.82 Å². The molecule has 29 heavy (non-hydrogen) atoms. The van der Waals surface area contributed by atoms with E-state index < -0.39 is 0 Å². The third-order valence-corrected chi connectivity index (χ3v) is 5.41. The average Bonchev–Trinajstić information content (AvgIpc) is 3.48.